The molecule has 3 N–H and O–H groups in total. The number of nitrogens with one attached hydrogen (secondary N) is 1. The third-order valence-electron chi connectivity index (χ3n) is 3.11. The third-order valence-corrected chi connectivity index (χ3v) is 4.35. The van der Waals surface area contributed by atoms with E-state index in [4.69, 9.17) is 11.1 Å². The molecule has 0 atom stereocenters. The van der Waals surface area contributed by atoms with Crippen molar-refractivity contribution in [2.24, 2.45) is 12.8 Å². The van der Waals surface area contributed by atoms with E-state index < -0.39 is 0 Å². The monoisotopic (exact) mass is 462 g/mol. The highest BCUT2D eigenvalue weighted by Gasteiger charge is 2.06. The largest absolute Gasteiger partial charge is 0.397 e. The number of hydrogen-bond acceptors (Lipinski definition) is 5. The molecule has 0 aliphatic carbocycles. The molecule has 0 saturated heterocycles. The van der Waals surface area contributed by atoms with Gasteiger partial charge in [0.2, 0.25) is 0 Å². The first-order valence-electron chi connectivity index (χ1n) is 7.18. The average Bonchev–Trinajstić information content (AvgIpc) is 3.00. The SMILES string of the molecule is Cn1cc(Br)c(-c2ccncc2)n1.N=CC(Br)=C(N)c1ccncc1. The first-order valence-corrected chi connectivity index (χ1v) is 8.77. The van der Waals surface area contributed by atoms with Gasteiger partial charge in [0.05, 0.1) is 14.7 Å². The fourth-order valence-corrected chi connectivity index (χ4v) is 2.75. The van der Waals surface area contributed by atoms with Crippen LogP contribution in [0.15, 0.2) is 64.2 Å². The molecule has 3 heterocycles. The van der Waals surface area contributed by atoms with Crippen LogP contribution in [-0.4, -0.2) is 26.0 Å². The number of nitrogens with two attached hydrogens (primary N) is 1. The van der Waals surface area contributed by atoms with Crippen LogP contribution in [0.25, 0.3) is 17.0 Å². The second-order valence-corrected chi connectivity index (χ2v) is 6.59. The Kier molecular flexibility index (Phi) is 7.03. The number of pyridine rings is 2. The first-order chi connectivity index (χ1) is 12.0. The molecular weight excluding hydrogens is 448 g/mol. The molecule has 0 aromatic carbocycles. The van der Waals surface area contributed by atoms with E-state index in [0.717, 1.165) is 27.5 Å². The minimum Gasteiger partial charge on any atom is -0.397 e. The predicted molar refractivity (Wildman–Crippen MR) is 107 cm³/mol. The number of nitrogens with zero attached hydrogens (tertiary/aromatic N) is 4. The fourth-order valence-electron chi connectivity index (χ4n) is 1.91. The lowest BCUT2D eigenvalue weighted by Crippen LogP contribution is -1.98. The zero-order chi connectivity index (χ0) is 18.2. The molecule has 0 spiro atoms. The molecule has 3 aromatic heterocycles. The van der Waals surface area contributed by atoms with Crippen molar-refractivity contribution in [2.75, 3.05) is 0 Å². The maximum atomic E-state index is 6.96. The summed E-state index contributed by atoms with van der Waals surface area (Å²) in [6.07, 6.45) is 9.93. The minimum atomic E-state index is 0.549. The molecule has 8 heteroatoms. The lowest BCUT2D eigenvalue weighted by atomic mass is 10.2. The van der Waals surface area contributed by atoms with Gasteiger partial charge in [-0.25, -0.2) is 0 Å². The van der Waals surface area contributed by atoms with Crippen molar-refractivity contribution in [3.63, 3.8) is 0 Å². The Morgan fingerprint density at radius 1 is 1.12 bits per heavy atom. The Morgan fingerprint density at radius 3 is 2.16 bits per heavy atom. The molecule has 3 rings (SSSR count). The molecule has 0 radical (unpaired) electrons. The molecule has 6 nitrogen and oxygen atoms in total. The highest BCUT2D eigenvalue weighted by molar-refractivity contribution is 9.12. The lowest BCUT2D eigenvalue weighted by Gasteiger charge is -2.00. The normalized spacial score (nSPS) is 11.2. The molecule has 0 unspecified atom stereocenters. The van der Waals surface area contributed by atoms with Crippen molar-refractivity contribution in [1.29, 1.82) is 5.41 Å². The molecule has 128 valence electrons. The minimum absolute atomic E-state index is 0.549. The summed E-state index contributed by atoms with van der Waals surface area (Å²) in [6, 6.07) is 7.46. The van der Waals surface area contributed by atoms with E-state index in [0.29, 0.717) is 10.2 Å². The van der Waals surface area contributed by atoms with Crippen LogP contribution in [0.2, 0.25) is 0 Å². The van der Waals surface area contributed by atoms with Crippen LogP contribution in [0.4, 0.5) is 0 Å². The number of hydrogen-bond donors (Lipinski definition) is 2. The van der Waals surface area contributed by atoms with Crippen molar-refractivity contribution >= 4 is 43.8 Å². The second kappa shape index (κ2) is 9.24. The van der Waals surface area contributed by atoms with Crippen LogP contribution in [-0.2, 0) is 7.05 Å². The summed E-state index contributed by atoms with van der Waals surface area (Å²) >= 11 is 6.62. The highest BCUT2D eigenvalue weighted by atomic mass is 79.9. The van der Waals surface area contributed by atoms with Crippen molar-refractivity contribution < 1.29 is 0 Å². The van der Waals surface area contributed by atoms with Gasteiger partial charge in [-0.1, -0.05) is 0 Å². The van der Waals surface area contributed by atoms with Crippen LogP contribution >= 0.6 is 31.9 Å². The van der Waals surface area contributed by atoms with Gasteiger partial charge in [-0.3, -0.25) is 14.6 Å². The zero-order valence-corrected chi connectivity index (χ0v) is 16.6. The predicted octanol–water partition coefficient (Wildman–Crippen LogP) is 4.00. The van der Waals surface area contributed by atoms with Gasteiger partial charge in [0.25, 0.3) is 0 Å². The summed E-state index contributed by atoms with van der Waals surface area (Å²) < 4.78 is 3.36. The molecule has 0 amide bonds. The van der Waals surface area contributed by atoms with Crippen LogP contribution < -0.4 is 5.73 Å². The Hall–Kier alpha value is -2.32. The summed E-state index contributed by atoms with van der Waals surface area (Å²) in [5.41, 5.74) is 9.13. The van der Waals surface area contributed by atoms with Crippen LogP contribution in [0.1, 0.15) is 5.56 Å². The van der Waals surface area contributed by atoms with Gasteiger partial charge in [0.15, 0.2) is 0 Å². The lowest BCUT2D eigenvalue weighted by molar-refractivity contribution is 0.770. The number of aryl methyl sites for hydroxylation is 1. The summed E-state index contributed by atoms with van der Waals surface area (Å²) in [5, 5.41) is 11.3. The smallest absolute Gasteiger partial charge is 0.107 e. The van der Waals surface area contributed by atoms with Crippen molar-refractivity contribution in [3.05, 3.63) is 69.8 Å². The molecule has 0 saturated carbocycles. The Morgan fingerprint density at radius 2 is 1.68 bits per heavy atom. The van der Waals surface area contributed by atoms with Crippen molar-refractivity contribution in [1.82, 2.24) is 19.7 Å². The van der Waals surface area contributed by atoms with Crippen LogP contribution in [0.3, 0.4) is 0 Å². The van der Waals surface area contributed by atoms with Crippen LogP contribution in [0.5, 0.6) is 0 Å². The van der Waals surface area contributed by atoms with Crippen molar-refractivity contribution in [2.45, 2.75) is 0 Å². The van der Waals surface area contributed by atoms with E-state index >= 15 is 0 Å². The van der Waals surface area contributed by atoms with E-state index in [1.54, 1.807) is 41.6 Å². The molecule has 0 aliphatic rings. The molecule has 25 heavy (non-hydrogen) atoms. The van der Waals surface area contributed by atoms with Gasteiger partial charge < -0.3 is 11.1 Å². The number of aromatic nitrogens is 4. The van der Waals surface area contributed by atoms with E-state index in [-0.39, 0.29) is 0 Å². The summed E-state index contributed by atoms with van der Waals surface area (Å²) in [5.74, 6) is 0. The van der Waals surface area contributed by atoms with Gasteiger partial charge in [0, 0.05) is 55.4 Å². The van der Waals surface area contributed by atoms with Crippen LogP contribution in [0, 0.1) is 5.41 Å². The first kappa shape index (κ1) is 19.0. The maximum Gasteiger partial charge on any atom is 0.107 e. The zero-order valence-electron chi connectivity index (χ0n) is 13.4. The van der Waals surface area contributed by atoms with Crippen molar-refractivity contribution in [3.8, 4) is 11.3 Å². The summed E-state index contributed by atoms with van der Waals surface area (Å²) in [7, 11) is 1.90. The van der Waals surface area contributed by atoms with Gasteiger partial charge in [-0.2, -0.15) is 5.10 Å². The highest BCUT2D eigenvalue weighted by Crippen LogP contribution is 2.25. The Balaban J connectivity index is 0.000000181. The molecule has 0 bridgehead atoms. The molecular formula is C17H16Br2N6. The quantitative estimate of drug-likeness (QED) is 0.574. The number of rotatable bonds is 3. The Labute approximate surface area is 162 Å². The molecule has 0 aliphatic heterocycles. The second-order valence-electron chi connectivity index (χ2n) is 4.88. The van der Waals surface area contributed by atoms with E-state index in [9.17, 15) is 0 Å². The molecule has 0 fully saturated rings. The van der Waals surface area contributed by atoms with E-state index in [1.165, 1.54) is 0 Å². The van der Waals surface area contributed by atoms with Gasteiger partial charge >= 0.3 is 0 Å². The fraction of sp³-hybridized carbons (Fsp3) is 0.0588. The standard InChI is InChI=1S/C9H8BrN3.C8H8BrN3/c1-13-6-8(10)9(12-13)7-2-4-11-5-3-7;9-7(5-10)8(11)6-1-3-12-4-2-6/h2-6H,1H3;1-5,10H,11H2. The van der Waals surface area contributed by atoms with Gasteiger partial charge in [-0.05, 0) is 56.1 Å². The third kappa shape index (κ3) is 5.33. The number of allylic oxidation sites excluding steroid dienone is 1. The topological polar surface area (TPSA) is 93.5 Å². The molecule has 3 aromatic rings. The van der Waals surface area contributed by atoms with Gasteiger partial charge in [-0.15, -0.1) is 0 Å². The number of halogens is 2. The van der Waals surface area contributed by atoms with E-state index in [1.807, 2.05) is 25.4 Å². The van der Waals surface area contributed by atoms with Gasteiger partial charge in [0.1, 0.15) is 5.69 Å². The average molecular weight is 464 g/mol. The van der Waals surface area contributed by atoms with E-state index in [2.05, 4.69) is 46.9 Å². The summed E-state index contributed by atoms with van der Waals surface area (Å²) in [4.78, 5) is 7.82. The maximum absolute atomic E-state index is 6.96. The summed E-state index contributed by atoms with van der Waals surface area (Å²) in [6.45, 7) is 0. The Bertz CT molecular complexity index is 859.